The first-order chi connectivity index (χ1) is 18.9. The van der Waals surface area contributed by atoms with Crippen LogP contribution in [0, 0.1) is 5.92 Å². The molecule has 2 N–H and O–H groups in total. The molecule has 5 rings (SSSR count). The highest BCUT2D eigenvalue weighted by molar-refractivity contribution is 6.30. The molecule has 1 saturated heterocycles. The zero-order valence-corrected chi connectivity index (χ0v) is 23.3. The molecule has 4 heterocycles. The van der Waals surface area contributed by atoms with Gasteiger partial charge >= 0.3 is 0 Å². The number of hydrogen-bond donors (Lipinski definition) is 2. The van der Waals surface area contributed by atoms with Crippen LogP contribution in [0.1, 0.15) is 47.1 Å². The van der Waals surface area contributed by atoms with Crippen molar-refractivity contribution in [3.05, 3.63) is 52.4 Å². The Kier molecular flexibility index (Phi) is 7.68. The van der Waals surface area contributed by atoms with Gasteiger partial charge in [0.2, 0.25) is 0 Å². The zero-order valence-electron chi connectivity index (χ0n) is 22.6. The molecule has 1 atom stereocenters. The maximum absolute atomic E-state index is 13.4. The van der Waals surface area contributed by atoms with Crippen molar-refractivity contribution in [1.82, 2.24) is 24.4 Å². The number of hydrogen-bond acceptors (Lipinski definition) is 7. The van der Waals surface area contributed by atoms with E-state index in [1.54, 1.807) is 42.0 Å². The Balaban J connectivity index is 1.45. The van der Waals surface area contributed by atoms with Crippen LogP contribution in [-0.2, 0) is 6.54 Å². The summed E-state index contributed by atoms with van der Waals surface area (Å²) < 4.78 is 27.3. The van der Waals surface area contributed by atoms with Gasteiger partial charge in [-0.2, -0.15) is 5.10 Å². The van der Waals surface area contributed by atoms with E-state index < -0.39 is 17.9 Å². The van der Waals surface area contributed by atoms with E-state index in [0.717, 1.165) is 5.56 Å². The van der Waals surface area contributed by atoms with Gasteiger partial charge in [0.15, 0.2) is 5.65 Å². The highest BCUT2D eigenvalue weighted by atomic mass is 35.5. The van der Waals surface area contributed by atoms with Crippen molar-refractivity contribution in [3.63, 3.8) is 0 Å². The molecule has 0 unspecified atom stereocenters. The molecule has 2 amide bonds. The van der Waals surface area contributed by atoms with Crippen LogP contribution in [-0.4, -0.2) is 92.6 Å². The molecular weight excluding hydrogens is 544 g/mol. The van der Waals surface area contributed by atoms with E-state index in [2.05, 4.69) is 15.4 Å². The molecule has 1 fully saturated rings. The summed E-state index contributed by atoms with van der Waals surface area (Å²) in [7, 11) is 0. The molecule has 2 aliphatic heterocycles. The average molecular weight is 576 g/mol. The largest absolute Gasteiger partial charge is 0.390 e. The predicted octanol–water partition coefficient (Wildman–Crippen LogP) is 3.38. The minimum atomic E-state index is -2.41. The number of aliphatic hydroxyl groups is 1. The minimum absolute atomic E-state index is 0.148. The monoisotopic (exact) mass is 575 g/mol. The molecule has 0 radical (unpaired) electrons. The van der Waals surface area contributed by atoms with Crippen molar-refractivity contribution in [2.24, 2.45) is 5.92 Å². The Labute approximate surface area is 235 Å². The quantitative estimate of drug-likeness (QED) is 0.424. The highest BCUT2D eigenvalue weighted by Gasteiger charge is 2.34. The van der Waals surface area contributed by atoms with Crippen LogP contribution in [0.2, 0.25) is 5.02 Å². The SMILES string of the molecule is C[C@H](CN1Cc2cc(NC(=O)c3cnn4cc(Cl)cnc34)c(N3CCN(CC(F)F)CC3)cc2C1=O)C(C)(C)O. The first-order valence-electron chi connectivity index (χ1n) is 13.1. The number of alkyl halides is 2. The van der Waals surface area contributed by atoms with Gasteiger partial charge in [0.1, 0.15) is 5.56 Å². The predicted molar refractivity (Wildman–Crippen MR) is 147 cm³/mol. The van der Waals surface area contributed by atoms with Gasteiger partial charge in [0.05, 0.1) is 40.9 Å². The Morgan fingerprint density at radius 2 is 1.90 bits per heavy atom. The lowest BCUT2D eigenvalue weighted by Gasteiger charge is -2.37. The molecule has 1 aromatic carbocycles. The zero-order chi connectivity index (χ0) is 28.8. The number of carbonyl (C=O) groups excluding carboxylic acids is 2. The molecular formula is C27H32ClF2N7O3. The summed E-state index contributed by atoms with van der Waals surface area (Å²) in [4.78, 5) is 36.4. The summed E-state index contributed by atoms with van der Waals surface area (Å²) in [5.41, 5.74) is 2.07. The van der Waals surface area contributed by atoms with Gasteiger partial charge in [-0.25, -0.2) is 18.3 Å². The summed E-state index contributed by atoms with van der Waals surface area (Å²) in [5.74, 6) is -0.742. The number of piperazine rings is 1. The number of fused-ring (bicyclic) bond motifs is 2. The second kappa shape index (κ2) is 10.9. The normalized spacial score (nSPS) is 17.1. The number of carbonyl (C=O) groups is 2. The standard InChI is InChI=1S/C27H32ClF2N7O3/c1-16(27(2,3)40)12-36-13-17-8-21(33-25(38)20-11-32-37-14-18(28)10-31-24(20)37)22(9-19(17)26(36)39)35-6-4-34(5-7-35)15-23(29)30/h8-11,14,16,23,40H,4-7,12-13,15H2,1-3H3,(H,33,38)/t16-/m1/s1. The molecule has 40 heavy (non-hydrogen) atoms. The second-order valence-corrected chi connectivity index (χ2v) is 11.4. The summed E-state index contributed by atoms with van der Waals surface area (Å²) >= 11 is 6.00. The second-order valence-electron chi connectivity index (χ2n) is 11.0. The Morgan fingerprint density at radius 3 is 2.58 bits per heavy atom. The van der Waals surface area contributed by atoms with Crippen molar-refractivity contribution < 1.29 is 23.5 Å². The summed E-state index contributed by atoms with van der Waals surface area (Å²) in [6, 6.07) is 3.58. The number of halogens is 3. The molecule has 214 valence electrons. The molecule has 0 aliphatic carbocycles. The maximum atomic E-state index is 13.4. The van der Waals surface area contributed by atoms with E-state index >= 15 is 0 Å². The number of amides is 2. The first-order valence-corrected chi connectivity index (χ1v) is 13.5. The molecule has 2 aliphatic rings. The van der Waals surface area contributed by atoms with Crippen molar-refractivity contribution in [2.75, 3.05) is 49.5 Å². The third-order valence-corrected chi connectivity index (χ3v) is 7.92. The van der Waals surface area contributed by atoms with Crippen molar-refractivity contribution in [1.29, 1.82) is 0 Å². The van der Waals surface area contributed by atoms with E-state index in [1.165, 1.54) is 16.9 Å². The maximum Gasteiger partial charge on any atom is 0.261 e. The number of nitrogens with one attached hydrogen (secondary N) is 1. The van der Waals surface area contributed by atoms with E-state index in [1.807, 2.05) is 11.8 Å². The third-order valence-electron chi connectivity index (χ3n) is 7.73. The number of aromatic nitrogens is 3. The van der Waals surface area contributed by atoms with Crippen LogP contribution in [0.5, 0.6) is 0 Å². The van der Waals surface area contributed by atoms with Crippen molar-refractivity contribution in [3.8, 4) is 0 Å². The van der Waals surface area contributed by atoms with Gasteiger partial charge in [0, 0.05) is 56.9 Å². The van der Waals surface area contributed by atoms with Crippen molar-refractivity contribution >= 4 is 40.4 Å². The van der Waals surface area contributed by atoms with E-state index in [9.17, 15) is 23.5 Å². The molecule has 0 saturated carbocycles. The van der Waals surface area contributed by atoms with E-state index in [4.69, 9.17) is 11.6 Å². The third kappa shape index (κ3) is 5.74. The average Bonchev–Trinajstić information content (AvgIpc) is 3.43. The molecule has 10 nitrogen and oxygen atoms in total. The van der Waals surface area contributed by atoms with Gasteiger partial charge in [-0.3, -0.25) is 14.5 Å². The van der Waals surface area contributed by atoms with Gasteiger partial charge in [-0.15, -0.1) is 0 Å². The smallest absolute Gasteiger partial charge is 0.261 e. The Bertz CT molecular complexity index is 1430. The highest BCUT2D eigenvalue weighted by Crippen LogP contribution is 2.36. The topological polar surface area (TPSA) is 106 Å². The van der Waals surface area contributed by atoms with Crippen LogP contribution >= 0.6 is 11.6 Å². The Hall–Kier alpha value is -3.35. The van der Waals surface area contributed by atoms with Crippen LogP contribution in [0.3, 0.4) is 0 Å². The van der Waals surface area contributed by atoms with Crippen molar-refractivity contribution in [2.45, 2.75) is 39.3 Å². The van der Waals surface area contributed by atoms with Gasteiger partial charge in [0.25, 0.3) is 18.2 Å². The fraction of sp³-hybridized carbons (Fsp3) is 0.481. The van der Waals surface area contributed by atoms with E-state index in [-0.39, 0.29) is 23.9 Å². The molecule has 2 aromatic heterocycles. The Morgan fingerprint density at radius 1 is 1.18 bits per heavy atom. The lowest BCUT2D eigenvalue weighted by molar-refractivity contribution is 0.00983. The van der Waals surface area contributed by atoms with Gasteiger partial charge in [-0.05, 0) is 31.5 Å². The number of benzene rings is 1. The minimum Gasteiger partial charge on any atom is -0.390 e. The molecule has 13 heteroatoms. The van der Waals surface area contributed by atoms with Crippen LogP contribution in [0.25, 0.3) is 5.65 Å². The fourth-order valence-electron chi connectivity index (χ4n) is 5.04. The molecule has 0 spiro atoms. The first kappa shape index (κ1) is 28.2. The number of nitrogens with zero attached hydrogens (tertiary/aromatic N) is 6. The summed E-state index contributed by atoms with van der Waals surface area (Å²) in [5, 5.41) is 17.9. The number of rotatable bonds is 8. The van der Waals surface area contributed by atoms with Crippen LogP contribution < -0.4 is 10.2 Å². The summed E-state index contributed by atoms with van der Waals surface area (Å²) in [6.45, 7) is 7.52. The summed E-state index contributed by atoms with van der Waals surface area (Å²) in [6.07, 6.45) is 1.98. The van der Waals surface area contributed by atoms with Gasteiger partial charge < -0.3 is 20.2 Å². The lowest BCUT2D eigenvalue weighted by Crippen LogP contribution is -2.48. The number of anilines is 2. The van der Waals surface area contributed by atoms with Gasteiger partial charge in [-0.1, -0.05) is 18.5 Å². The van der Waals surface area contributed by atoms with Crippen LogP contribution in [0.15, 0.2) is 30.7 Å². The van der Waals surface area contributed by atoms with Crippen LogP contribution in [0.4, 0.5) is 20.2 Å². The molecule has 3 aromatic rings. The lowest BCUT2D eigenvalue weighted by atomic mass is 9.92. The van der Waals surface area contributed by atoms with E-state index in [0.29, 0.717) is 66.9 Å². The molecule has 0 bridgehead atoms. The fourth-order valence-corrected chi connectivity index (χ4v) is 5.18.